The highest BCUT2D eigenvalue weighted by Gasteiger charge is 2.37. The van der Waals surface area contributed by atoms with Crippen molar-refractivity contribution in [3.8, 4) is 0 Å². The van der Waals surface area contributed by atoms with Gasteiger partial charge < -0.3 is 16.4 Å². The van der Waals surface area contributed by atoms with Crippen LogP contribution >= 0.6 is 0 Å². The second kappa shape index (κ2) is 9.52. The Morgan fingerprint density at radius 3 is 2.21 bits per heavy atom. The van der Waals surface area contributed by atoms with E-state index in [1.807, 2.05) is 31.2 Å². The Kier molecular flexibility index (Phi) is 7.08. The van der Waals surface area contributed by atoms with Gasteiger partial charge in [0.2, 0.25) is 11.8 Å². The van der Waals surface area contributed by atoms with Crippen molar-refractivity contribution in [2.24, 2.45) is 11.7 Å². The first-order valence-electron chi connectivity index (χ1n) is 10.7. The molecule has 1 aliphatic heterocycles. The largest absolute Gasteiger partial charge is 0.326 e. The van der Waals surface area contributed by atoms with Crippen molar-refractivity contribution in [2.75, 3.05) is 30.3 Å². The highest BCUT2D eigenvalue weighted by atomic mass is 16.2. The fourth-order valence-electron chi connectivity index (χ4n) is 4.35. The van der Waals surface area contributed by atoms with Crippen LogP contribution in [-0.2, 0) is 9.59 Å². The molecule has 1 aromatic carbocycles. The molecule has 0 bridgehead atoms. The fourth-order valence-corrected chi connectivity index (χ4v) is 4.35. The first kappa shape index (κ1) is 20.8. The molecular formula is C22H34N4O2. The molecule has 2 amide bonds. The lowest BCUT2D eigenvalue weighted by Gasteiger charge is -2.37. The monoisotopic (exact) mass is 386 g/mol. The van der Waals surface area contributed by atoms with Gasteiger partial charge in [-0.25, -0.2) is 0 Å². The number of likely N-dealkylation sites (tertiary alicyclic amines) is 1. The van der Waals surface area contributed by atoms with Gasteiger partial charge in [-0.1, -0.05) is 25.7 Å². The van der Waals surface area contributed by atoms with Crippen LogP contribution in [0.4, 0.5) is 11.4 Å². The number of nitrogens with zero attached hydrogens (tertiary/aromatic N) is 1. The summed E-state index contributed by atoms with van der Waals surface area (Å²) in [6.45, 7) is 4.41. The minimum absolute atomic E-state index is 0.0114. The third-order valence-electron chi connectivity index (χ3n) is 6.07. The van der Waals surface area contributed by atoms with Gasteiger partial charge >= 0.3 is 0 Å². The number of carbonyl (C=O) groups excluding carboxylic acids is 2. The van der Waals surface area contributed by atoms with Crippen LogP contribution in [0, 0.1) is 5.92 Å². The number of amides is 2. The second-order valence-corrected chi connectivity index (χ2v) is 8.61. The van der Waals surface area contributed by atoms with Crippen molar-refractivity contribution in [3.63, 3.8) is 0 Å². The molecule has 4 N–H and O–H groups in total. The predicted molar refractivity (Wildman–Crippen MR) is 113 cm³/mol. The summed E-state index contributed by atoms with van der Waals surface area (Å²) in [7, 11) is 0. The number of hydrogen-bond donors (Lipinski definition) is 3. The van der Waals surface area contributed by atoms with Crippen molar-refractivity contribution >= 4 is 23.2 Å². The zero-order valence-electron chi connectivity index (χ0n) is 17.0. The fraction of sp³-hybridized carbons (Fsp3) is 0.636. The summed E-state index contributed by atoms with van der Waals surface area (Å²) < 4.78 is 0. The van der Waals surface area contributed by atoms with Gasteiger partial charge in [-0.3, -0.25) is 14.5 Å². The van der Waals surface area contributed by atoms with Gasteiger partial charge in [-0.05, 0) is 70.0 Å². The first-order valence-corrected chi connectivity index (χ1v) is 10.7. The number of hydrogen-bond acceptors (Lipinski definition) is 4. The molecule has 6 nitrogen and oxygen atoms in total. The molecule has 1 aromatic rings. The van der Waals surface area contributed by atoms with E-state index in [2.05, 4.69) is 15.5 Å². The van der Waals surface area contributed by atoms with E-state index in [1.165, 1.54) is 25.7 Å². The van der Waals surface area contributed by atoms with Crippen molar-refractivity contribution in [1.29, 1.82) is 0 Å². The molecule has 3 rings (SSSR count). The molecule has 0 radical (unpaired) electrons. The molecular weight excluding hydrogens is 352 g/mol. The number of carbonyl (C=O) groups is 2. The minimum Gasteiger partial charge on any atom is -0.326 e. The van der Waals surface area contributed by atoms with E-state index in [0.717, 1.165) is 50.1 Å². The molecule has 2 atom stereocenters. The Labute approximate surface area is 168 Å². The number of nitrogens with two attached hydrogens (primary N) is 1. The summed E-state index contributed by atoms with van der Waals surface area (Å²) in [5, 5.41) is 5.93. The van der Waals surface area contributed by atoms with Gasteiger partial charge in [-0.15, -0.1) is 0 Å². The number of benzene rings is 1. The van der Waals surface area contributed by atoms with E-state index in [0.29, 0.717) is 6.54 Å². The number of anilines is 2. The smallest absolute Gasteiger partial charge is 0.238 e. The summed E-state index contributed by atoms with van der Waals surface area (Å²) in [6.07, 6.45) is 8.71. The van der Waals surface area contributed by atoms with E-state index in [1.54, 1.807) is 0 Å². The number of nitrogens with one attached hydrogen (secondary N) is 2. The van der Waals surface area contributed by atoms with Crippen LogP contribution in [0.3, 0.4) is 0 Å². The summed E-state index contributed by atoms with van der Waals surface area (Å²) in [5.74, 6) is -0.156. The summed E-state index contributed by atoms with van der Waals surface area (Å²) in [6, 6.07) is 7.32. The second-order valence-electron chi connectivity index (χ2n) is 8.61. The Hall–Kier alpha value is -1.92. The summed E-state index contributed by atoms with van der Waals surface area (Å²) in [5.41, 5.74) is 7.37. The molecule has 28 heavy (non-hydrogen) atoms. The van der Waals surface area contributed by atoms with Crippen molar-refractivity contribution in [3.05, 3.63) is 24.3 Å². The van der Waals surface area contributed by atoms with Gasteiger partial charge in [-0.2, -0.15) is 0 Å². The Morgan fingerprint density at radius 2 is 1.61 bits per heavy atom. The molecule has 2 fully saturated rings. The lowest BCUT2D eigenvalue weighted by Crippen LogP contribution is -2.51. The molecule has 1 saturated carbocycles. The Balaban J connectivity index is 1.50. The third kappa shape index (κ3) is 5.79. The Bertz CT molecular complexity index is 664. The lowest BCUT2D eigenvalue weighted by molar-refractivity contribution is -0.122. The van der Waals surface area contributed by atoms with E-state index >= 15 is 0 Å². The minimum atomic E-state index is -0.441. The van der Waals surface area contributed by atoms with Gasteiger partial charge in [0.05, 0.1) is 12.5 Å². The highest BCUT2D eigenvalue weighted by molar-refractivity contribution is 5.95. The van der Waals surface area contributed by atoms with E-state index < -0.39 is 5.54 Å². The Morgan fingerprint density at radius 1 is 1.00 bits per heavy atom. The van der Waals surface area contributed by atoms with Crippen LogP contribution in [-0.4, -0.2) is 41.9 Å². The maximum absolute atomic E-state index is 12.6. The van der Waals surface area contributed by atoms with Gasteiger partial charge in [0.15, 0.2) is 0 Å². The maximum atomic E-state index is 12.6. The molecule has 0 spiro atoms. The highest BCUT2D eigenvalue weighted by Crippen LogP contribution is 2.32. The van der Waals surface area contributed by atoms with E-state index in [-0.39, 0.29) is 17.7 Å². The van der Waals surface area contributed by atoms with Crippen LogP contribution in [0.25, 0.3) is 0 Å². The van der Waals surface area contributed by atoms with Crippen LogP contribution in [0.2, 0.25) is 0 Å². The van der Waals surface area contributed by atoms with Crippen LogP contribution < -0.4 is 16.4 Å². The normalized spacial score (nSPS) is 26.3. The molecule has 2 unspecified atom stereocenters. The molecule has 154 valence electrons. The van der Waals surface area contributed by atoms with Crippen molar-refractivity contribution in [2.45, 2.75) is 63.8 Å². The predicted octanol–water partition coefficient (Wildman–Crippen LogP) is 3.35. The quantitative estimate of drug-likeness (QED) is 0.724. The lowest BCUT2D eigenvalue weighted by atomic mass is 9.74. The average Bonchev–Trinajstić information content (AvgIpc) is 2.91. The van der Waals surface area contributed by atoms with Gasteiger partial charge in [0, 0.05) is 16.9 Å². The average molecular weight is 387 g/mol. The van der Waals surface area contributed by atoms with E-state index in [4.69, 9.17) is 5.73 Å². The first-order chi connectivity index (χ1) is 13.4. The van der Waals surface area contributed by atoms with Crippen LogP contribution in [0.1, 0.15) is 58.3 Å². The van der Waals surface area contributed by atoms with E-state index in [9.17, 15) is 9.59 Å². The van der Waals surface area contributed by atoms with Gasteiger partial charge in [0.25, 0.3) is 0 Å². The standard InChI is InChI=1S/C22H34N4O2/c1-22(23)13-5-4-8-19(22)21(28)25-18-11-9-17(10-12-18)24-20(27)16-26-14-6-2-3-7-15-26/h9-12,19H,2-8,13-16,23H2,1H3,(H,24,27)(H,25,28). The summed E-state index contributed by atoms with van der Waals surface area (Å²) in [4.78, 5) is 27.2. The molecule has 1 saturated heterocycles. The topological polar surface area (TPSA) is 87.5 Å². The zero-order chi connectivity index (χ0) is 20.0. The van der Waals surface area contributed by atoms with Gasteiger partial charge in [0.1, 0.15) is 0 Å². The van der Waals surface area contributed by atoms with Crippen LogP contribution in [0.15, 0.2) is 24.3 Å². The zero-order valence-corrected chi connectivity index (χ0v) is 17.0. The third-order valence-corrected chi connectivity index (χ3v) is 6.07. The molecule has 1 aliphatic carbocycles. The molecule has 1 heterocycles. The molecule has 0 aromatic heterocycles. The molecule has 2 aliphatic rings. The number of rotatable bonds is 5. The summed E-state index contributed by atoms with van der Waals surface area (Å²) >= 11 is 0. The van der Waals surface area contributed by atoms with Crippen molar-refractivity contribution < 1.29 is 9.59 Å². The SMILES string of the molecule is CC1(N)CCCCC1C(=O)Nc1ccc(NC(=O)CN2CCCCCC2)cc1. The van der Waals surface area contributed by atoms with Crippen LogP contribution in [0.5, 0.6) is 0 Å². The molecule has 6 heteroatoms. The maximum Gasteiger partial charge on any atom is 0.238 e. The van der Waals surface area contributed by atoms with Crippen molar-refractivity contribution in [1.82, 2.24) is 4.90 Å².